The highest BCUT2D eigenvalue weighted by molar-refractivity contribution is 9.10. The van der Waals surface area contributed by atoms with E-state index in [4.69, 9.17) is 23.7 Å². The van der Waals surface area contributed by atoms with Crippen molar-refractivity contribution in [3.63, 3.8) is 0 Å². The molecule has 4 nitrogen and oxygen atoms in total. The van der Waals surface area contributed by atoms with E-state index in [1.54, 1.807) is 0 Å². The number of nitrogens with two attached hydrogens (primary N) is 2. The summed E-state index contributed by atoms with van der Waals surface area (Å²) >= 11 is 13.6. The van der Waals surface area contributed by atoms with Gasteiger partial charge in [0, 0.05) is 14.9 Å². The zero-order chi connectivity index (χ0) is 20.5. The van der Waals surface area contributed by atoms with Crippen molar-refractivity contribution in [1.29, 1.82) is 10.5 Å². The standard InChI is InChI=1S/C20H14Br2N4S2/c21-13-5-1-3-11(7-13)16-15(9-23)18(25)28-17(20(16,10-24)19(26)27)12-4-2-6-14(22)8-12/h1-8,16-17H,25H2,(H2,26,27)/t16-,17+,20+/m0/s1. The highest BCUT2D eigenvalue weighted by atomic mass is 79.9. The number of rotatable bonds is 3. The van der Waals surface area contributed by atoms with Crippen LogP contribution in [-0.2, 0) is 0 Å². The van der Waals surface area contributed by atoms with Gasteiger partial charge < -0.3 is 11.5 Å². The van der Waals surface area contributed by atoms with E-state index >= 15 is 0 Å². The van der Waals surface area contributed by atoms with Gasteiger partial charge in [0.2, 0.25) is 0 Å². The summed E-state index contributed by atoms with van der Waals surface area (Å²) in [5.41, 5.74) is 13.1. The maximum atomic E-state index is 10.4. The maximum absolute atomic E-state index is 10.4. The van der Waals surface area contributed by atoms with Crippen molar-refractivity contribution in [2.75, 3.05) is 0 Å². The van der Waals surface area contributed by atoms with Crippen LogP contribution in [0.2, 0.25) is 0 Å². The molecule has 2 aromatic carbocycles. The fraction of sp³-hybridized carbons (Fsp3) is 0.150. The molecule has 0 bridgehead atoms. The van der Waals surface area contributed by atoms with Gasteiger partial charge in [0.25, 0.3) is 0 Å². The van der Waals surface area contributed by atoms with Gasteiger partial charge in [-0.2, -0.15) is 10.5 Å². The second kappa shape index (κ2) is 8.26. The van der Waals surface area contributed by atoms with Crippen LogP contribution in [0.1, 0.15) is 22.3 Å². The second-order valence-electron chi connectivity index (χ2n) is 6.28. The van der Waals surface area contributed by atoms with Gasteiger partial charge in [0.1, 0.15) is 5.41 Å². The molecule has 0 amide bonds. The van der Waals surface area contributed by atoms with Crippen molar-refractivity contribution >= 4 is 60.8 Å². The molecule has 0 saturated heterocycles. The van der Waals surface area contributed by atoms with E-state index in [1.807, 2.05) is 48.5 Å². The Hall–Kier alpha value is -1.84. The lowest BCUT2D eigenvalue weighted by Gasteiger charge is -2.44. The van der Waals surface area contributed by atoms with Crippen molar-refractivity contribution in [2.45, 2.75) is 11.2 Å². The van der Waals surface area contributed by atoms with Crippen LogP contribution in [0.4, 0.5) is 0 Å². The third-order valence-corrected chi connectivity index (χ3v) is 7.39. The molecule has 0 radical (unpaired) electrons. The van der Waals surface area contributed by atoms with E-state index in [9.17, 15) is 10.5 Å². The smallest absolute Gasteiger partial charge is 0.135 e. The van der Waals surface area contributed by atoms with Crippen molar-refractivity contribution < 1.29 is 0 Å². The molecule has 1 aliphatic rings. The molecule has 140 valence electrons. The Bertz CT molecular complexity index is 1070. The lowest BCUT2D eigenvalue weighted by Crippen LogP contribution is -2.47. The molecular formula is C20H14Br2N4S2. The molecule has 2 aromatic rings. The molecule has 1 aliphatic heterocycles. The summed E-state index contributed by atoms with van der Waals surface area (Å²) in [4.78, 5) is 0.0395. The van der Waals surface area contributed by atoms with Crippen LogP contribution in [0.25, 0.3) is 0 Å². The fourth-order valence-corrected chi connectivity index (χ4v) is 6.01. The zero-order valence-corrected chi connectivity index (χ0v) is 19.2. The van der Waals surface area contributed by atoms with Gasteiger partial charge in [-0.15, -0.1) is 0 Å². The minimum absolute atomic E-state index is 0.0395. The molecule has 0 saturated carbocycles. The van der Waals surface area contributed by atoms with E-state index in [2.05, 4.69) is 44.0 Å². The first kappa shape index (κ1) is 20.9. The van der Waals surface area contributed by atoms with E-state index in [1.165, 1.54) is 11.8 Å². The van der Waals surface area contributed by atoms with Crippen LogP contribution in [-0.4, -0.2) is 4.99 Å². The summed E-state index contributed by atoms with van der Waals surface area (Å²) in [7, 11) is 0. The summed E-state index contributed by atoms with van der Waals surface area (Å²) in [6.07, 6.45) is 0. The average Bonchev–Trinajstić information content (AvgIpc) is 2.67. The first-order valence-corrected chi connectivity index (χ1v) is 11.0. The maximum Gasteiger partial charge on any atom is 0.135 e. The average molecular weight is 534 g/mol. The number of nitriles is 2. The lowest BCUT2D eigenvalue weighted by atomic mass is 9.65. The van der Waals surface area contributed by atoms with Gasteiger partial charge >= 0.3 is 0 Å². The molecule has 28 heavy (non-hydrogen) atoms. The van der Waals surface area contributed by atoms with Crippen LogP contribution >= 0.6 is 55.8 Å². The van der Waals surface area contributed by atoms with Gasteiger partial charge in [0.05, 0.1) is 33.0 Å². The molecule has 4 N–H and O–H groups in total. The Balaban J connectivity index is 2.36. The predicted molar refractivity (Wildman–Crippen MR) is 123 cm³/mol. The third kappa shape index (κ3) is 3.46. The summed E-state index contributed by atoms with van der Waals surface area (Å²) < 4.78 is 1.70. The quantitative estimate of drug-likeness (QED) is 0.521. The number of nitrogens with zero attached hydrogens (tertiary/aromatic N) is 2. The first-order valence-electron chi connectivity index (χ1n) is 8.13. The van der Waals surface area contributed by atoms with Crippen LogP contribution in [0.15, 0.2) is 68.1 Å². The Kier molecular flexibility index (Phi) is 6.16. The SMILES string of the molecule is N#CC1=C(N)S[C@H](c2cccc(Br)c2)[C@](C#N)(C(N)=S)[C@H]1c1cccc(Br)c1. The van der Waals surface area contributed by atoms with Crippen LogP contribution in [0.3, 0.4) is 0 Å². The molecule has 0 aliphatic carbocycles. The summed E-state index contributed by atoms with van der Waals surface area (Å²) in [5.74, 6) is -0.678. The van der Waals surface area contributed by atoms with Crippen molar-refractivity contribution in [1.82, 2.24) is 0 Å². The number of thiocarbonyl (C=S) groups is 1. The monoisotopic (exact) mass is 532 g/mol. The van der Waals surface area contributed by atoms with Crippen molar-refractivity contribution in [3.8, 4) is 12.1 Å². The summed E-state index contributed by atoms with van der Waals surface area (Å²) in [5, 5.41) is 20.2. The van der Waals surface area contributed by atoms with Crippen molar-refractivity contribution in [2.24, 2.45) is 16.9 Å². The number of allylic oxidation sites excluding steroid dienone is 1. The molecule has 1 heterocycles. The Morgan fingerprint density at radius 1 is 1.07 bits per heavy atom. The fourth-order valence-electron chi connectivity index (χ4n) is 3.49. The minimum atomic E-state index is -1.32. The molecule has 0 spiro atoms. The normalized spacial score (nSPS) is 24.3. The van der Waals surface area contributed by atoms with Crippen LogP contribution in [0, 0.1) is 28.1 Å². The molecule has 3 atom stereocenters. The van der Waals surface area contributed by atoms with Gasteiger partial charge in [0.15, 0.2) is 0 Å². The zero-order valence-electron chi connectivity index (χ0n) is 14.4. The Morgan fingerprint density at radius 3 is 2.14 bits per heavy atom. The highest BCUT2D eigenvalue weighted by Gasteiger charge is 2.55. The highest BCUT2D eigenvalue weighted by Crippen LogP contribution is 2.60. The summed E-state index contributed by atoms with van der Waals surface area (Å²) in [6, 6.07) is 19.6. The summed E-state index contributed by atoms with van der Waals surface area (Å²) in [6.45, 7) is 0. The molecule has 3 rings (SSSR count). The van der Waals surface area contributed by atoms with Crippen LogP contribution < -0.4 is 11.5 Å². The second-order valence-corrected chi connectivity index (χ2v) is 9.69. The largest absolute Gasteiger partial charge is 0.393 e. The number of thioether (sulfide) groups is 1. The van der Waals surface area contributed by atoms with Crippen LogP contribution in [0.5, 0.6) is 0 Å². The number of hydrogen-bond donors (Lipinski definition) is 2. The van der Waals surface area contributed by atoms with Gasteiger partial charge in [-0.1, -0.05) is 80.1 Å². The Labute approximate surface area is 189 Å². The first-order chi connectivity index (χ1) is 13.3. The van der Waals surface area contributed by atoms with E-state index in [0.717, 1.165) is 20.1 Å². The lowest BCUT2D eigenvalue weighted by molar-refractivity contribution is 0.462. The van der Waals surface area contributed by atoms with Crippen molar-refractivity contribution in [3.05, 3.63) is 79.2 Å². The van der Waals surface area contributed by atoms with E-state index < -0.39 is 16.6 Å². The number of benzene rings is 2. The number of hydrogen-bond acceptors (Lipinski definition) is 5. The molecule has 0 fully saturated rings. The number of halogens is 2. The minimum Gasteiger partial charge on any atom is -0.393 e. The topological polar surface area (TPSA) is 99.6 Å². The van der Waals surface area contributed by atoms with E-state index in [0.29, 0.717) is 10.6 Å². The van der Waals surface area contributed by atoms with Gasteiger partial charge in [-0.3, -0.25) is 0 Å². The molecular weight excluding hydrogens is 520 g/mol. The molecule has 8 heteroatoms. The third-order valence-electron chi connectivity index (χ3n) is 4.71. The van der Waals surface area contributed by atoms with Gasteiger partial charge in [-0.05, 0) is 35.4 Å². The van der Waals surface area contributed by atoms with Gasteiger partial charge in [-0.25, -0.2) is 0 Å². The van der Waals surface area contributed by atoms with E-state index in [-0.39, 0.29) is 4.99 Å². The molecule has 0 unspecified atom stereocenters. The Morgan fingerprint density at radius 2 is 1.64 bits per heavy atom. The molecule has 0 aromatic heterocycles. The predicted octanol–water partition coefficient (Wildman–Crippen LogP) is 5.27.